The Morgan fingerprint density at radius 1 is 1.58 bits per heavy atom. The molecule has 1 heterocycles. The lowest BCUT2D eigenvalue weighted by Gasteiger charge is -2.28. The molecule has 1 aliphatic rings. The summed E-state index contributed by atoms with van der Waals surface area (Å²) in [6.07, 6.45) is 1.01. The molecule has 4 nitrogen and oxygen atoms in total. The van der Waals surface area contributed by atoms with Gasteiger partial charge >= 0.3 is 0 Å². The molecule has 72 valence electrons. The average Bonchev–Trinajstić information content (AvgIpc) is 2.05. The lowest BCUT2D eigenvalue weighted by atomic mass is 10.1. The van der Waals surface area contributed by atoms with Gasteiger partial charge in [0.2, 0.25) is 10.0 Å². The lowest BCUT2D eigenvalue weighted by molar-refractivity contribution is 0.108. The SMILES string of the molecule is CCS(=O)(=O)N1CCC[C@@H](O)C1. The predicted molar refractivity (Wildman–Crippen MR) is 46.3 cm³/mol. The van der Waals surface area contributed by atoms with Gasteiger partial charge in [-0.3, -0.25) is 0 Å². The number of aliphatic hydroxyl groups is 1. The number of aliphatic hydroxyl groups excluding tert-OH is 1. The fourth-order valence-electron chi connectivity index (χ4n) is 1.36. The lowest BCUT2D eigenvalue weighted by Crippen LogP contribution is -2.42. The van der Waals surface area contributed by atoms with E-state index in [1.54, 1.807) is 6.92 Å². The zero-order valence-electron chi connectivity index (χ0n) is 7.23. The first kappa shape index (κ1) is 9.95. The molecular weight excluding hydrogens is 178 g/mol. The first-order valence-corrected chi connectivity index (χ1v) is 5.83. The summed E-state index contributed by atoms with van der Waals surface area (Å²) in [7, 11) is -3.08. The minimum absolute atomic E-state index is 0.125. The molecule has 0 amide bonds. The number of hydrogen-bond acceptors (Lipinski definition) is 3. The van der Waals surface area contributed by atoms with E-state index in [1.807, 2.05) is 0 Å². The molecule has 0 aromatic carbocycles. The summed E-state index contributed by atoms with van der Waals surface area (Å²) in [5.74, 6) is 0.125. The van der Waals surface area contributed by atoms with Crippen LogP contribution in [0.5, 0.6) is 0 Å². The molecule has 0 bridgehead atoms. The third-order valence-electron chi connectivity index (χ3n) is 2.12. The highest BCUT2D eigenvalue weighted by Crippen LogP contribution is 2.13. The fourth-order valence-corrected chi connectivity index (χ4v) is 2.53. The van der Waals surface area contributed by atoms with Crippen molar-refractivity contribution in [2.45, 2.75) is 25.9 Å². The molecule has 5 heteroatoms. The Kier molecular flexibility index (Phi) is 3.09. The van der Waals surface area contributed by atoms with Crippen LogP contribution in [0, 0.1) is 0 Å². The van der Waals surface area contributed by atoms with Gasteiger partial charge in [-0.05, 0) is 19.8 Å². The standard InChI is InChI=1S/C7H15NO3S/c1-2-12(10,11)8-5-3-4-7(9)6-8/h7,9H,2-6H2,1H3/t7-/m1/s1. The predicted octanol–water partition coefficient (Wildman–Crippen LogP) is -0.207. The van der Waals surface area contributed by atoms with Gasteiger partial charge in [0, 0.05) is 13.1 Å². The molecule has 1 N–H and O–H groups in total. The monoisotopic (exact) mass is 193 g/mol. The summed E-state index contributed by atoms with van der Waals surface area (Å²) in [6.45, 7) is 2.46. The van der Waals surface area contributed by atoms with Crippen molar-refractivity contribution in [1.82, 2.24) is 4.31 Å². The zero-order chi connectivity index (χ0) is 9.19. The van der Waals surface area contributed by atoms with E-state index in [1.165, 1.54) is 4.31 Å². The van der Waals surface area contributed by atoms with Gasteiger partial charge in [-0.1, -0.05) is 0 Å². The van der Waals surface area contributed by atoms with Crippen LogP contribution in [0.1, 0.15) is 19.8 Å². The summed E-state index contributed by atoms with van der Waals surface area (Å²) in [5, 5.41) is 9.23. The summed E-state index contributed by atoms with van der Waals surface area (Å²) >= 11 is 0. The first-order valence-electron chi connectivity index (χ1n) is 4.22. The second kappa shape index (κ2) is 3.72. The van der Waals surface area contributed by atoms with Crippen LogP contribution in [0.25, 0.3) is 0 Å². The Balaban J connectivity index is 2.63. The van der Waals surface area contributed by atoms with Gasteiger partial charge in [-0.25, -0.2) is 8.42 Å². The molecule has 1 rings (SSSR count). The molecule has 12 heavy (non-hydrogen) atoms. The summed E-state index contributed by atoms with van der Waals surface area (Å²) < 4.78 is 24.0. The smallest absolute Gasteiger partial charge is 0.213 e. The number of hydrogen-bond donors (Lipinski definition) is 1. The van der Waals surface area contributed by atoms with Gasteiger partial charge in [0.1, 0.15) is 0 Å². The van der Waals surface area contributed by atoms with Crippen LogP contribution in [0.15, 0.2) is 0 Å². The van der Waals surface area contributed by atoms with Gasteiger partial charge in [0.05, 0.1) is 11.9 Å². The van der Waals surface area contributed by atoms with E-state index in [2.05, 4.69) is 0 Å². The van der Waals surface area contributed by atoms with Crippen molar-refractivity contribution in [3.8, 4) is 0 Å². The Labute approximate surface area is 73.2 Å². The highest BCUT2D eigenvalue weighted by atomic mass is 32.2. The quantitative estimate of drug-likeness (QED) is 0.660. The second-order valence-electron chi connectivity index (χ2n) is 3.05. The van der Waals surface area contributed by atoms with Crippen molar-refractivity contribution in [2.75, 3.05) is 18.8 Å². The van der Waals surface area contributed by atoms with Crippen molar-refractivity contribution in [3.63, 3.8) is 0 Å². The van der Waals surface area contributed by atoms with Gasteiger partial charge in [-0.2, -0.15) is 4.31 Å². The molecule has 1 saturated heterocycles. The molecular formula is C7H15NO3S. The van der Waals surface area contributed by atoms with Crippen LogP contribution in [-0.2, 0) is 10.0 Å². The molecule has 1 atom stereocenters. The van der Waals surface area contributed by atoms with Crippen LogP contribution in [0.4, 0.5) is 0 Å². The number of nitrogens with zero attached hydrogens (tertiary/aromatic N) is 1. The molecule has 0 aliphatic carbocycles. The number of piperidine rings is 1. The number of β-amino-alcohol motifs (C(OH)–C–C–N with tert-alkyl or cyclic N) is 1. The Hall–Kier alpha value is -0.130. The first-order chi connectivity index (χ1) is 5.56. The molecule has 0 unspecified atom stereocenters. The second-order valence-corrected chi connectivity index (χ2v) is 5.31. The van der Waals surface area contributed by atoms with E-state index >= 15 is 0 Å². The maximum atomic E-state index is 11.3. The van der Waals surface area contributed by atoms with Crippen molar-refractivity contribution in [1.29, 1.82) is 0 Å². The molecule has 1 fully saturated rings. The van der Waals surface area contributed by atoms with Crippen LogP contribution >= 0.6 is 0 Å². The maximum Gasteiger partial charge on any atom is 0.213 e. The third kappa shape index (κ3) is 2.18. The largest absolute Gasteiger partial charge is 0.392 e. The molecule has 1 aliphatic heterocycles. The average molecular weight is 193 g/mol. The Bertz CT molecular complexity index is 237. The van der Waals surface area contributed by atoms with Crippen molar-refractivity contribution < 1.29 is 13.5 Å². The third-order valence-corrected chi connectivity index (χ3v) is 3.97. The van der Waals surface area contributed by atoms with E-state index in [4.69, 9.17) is 0 Å². The van der Waals surface area contributed by atoms with Gasteiger partial charge in [-0.15, -0.1) is 0 Å². The maximum absolute atomic E-state index is 11.3. The minimum atomic E-state index is -3.08. The van der Waals surface area contributed by atoms with E-state index < -0.39 is 16.1 Å². The Morgan fingerprint density at radius 3 is 2.75 bits per heavy atom. The zero-order valence-corrected chi connectivity index (χ0v) is 8.05. The highest BCUT2D eigenvalue weighted by molar-refractivity contribution is 7.89. The summed E-state index contributed by atoms with van der Waals surface area (Å²) in [6, 6.07) is 0. The highest BCUT2D eigenvalue weighted by Gasteiger charge is 2.25. The fraction of sp³-hybridized carbons (Fsp3) is 1.00. The number of rotatable bonds is 2. The van der Waals surface area contributed by atoms with Crippen molar-refractivity contribution in [2.24, 2.45) is 0 Å². The van der Waals surface area contributed by atoms with Gasteiger partial charge in [0.25, 0.3) is 0 Å². The molecule has 0 radical (unpaired) electrons. The molecule has 0 aromatic heterocycles. The van der Waals surface area contributed by atoms with E-state index in [0.717, 1.165) is 12.8 Å². The summed E-state index contributed by atoms with van der Waals surface area (Å²) in [4.78, 5) is 0. The van der Waals surface area contributed by atoms with E-state index in [-0.39, 0.29) is 12.3 Å². The van der Waals surface area contributed by atoms with Crippen molar-refractivity contribution >= 4 is 10.0 Å². The minimum Gasteiger partial charge on any atom is -0.392 e. The normalized spacial score (nSPS) is 27.3. The van der Waals surface area contributed by atoms with Crippen LogP contribution in [0.2, 0.25) is 0 Å². The van der Waals surface area contributed by atoms with Crippen LogP contribution in [0.3, 0.4) is 0 Å². The molecule has 0 saturated carbocycles. The van der Waals surface area contributed by atoms with Gasteiger partial charge < -0.3 is 5.11 Å². The van der Waals surface area contributed by atoms with Gasteiger partial charge in [0.15, 0.2) is 0 Å². The molecule has 0 aromatic rings. The topological polar surface area (TPSA) is 57.6 Å². The van der Waals surface area contributed by atoms with E-state index in [9.17, 15) is 13.5 Å². The molecule has 0 spiro atoms. The van der Waals surface area contributed by atoms with E-state index in [0.29, 0.717) is 6.54 Å². The van der Waals surface area contributed by atoms with Crippen LogP contribution in [-0.4, -0.2) is 42.8 Å². The number of sulfonamides is 1. The van der Waals surface area contributed by atoms with Crippen molar-refractivity contribution in [3.05, 3.63) is 0 Å². The van der Waals surface area contributed by atoms with Crippen LogP contribution < -0.4 is 0 Å². The Morgan fingerprint density at radius 2 is 2.25 bits per heavy atom. The summed E-state index contributed by atoms with van der Waals surface area (Å²) in [5.41, 5.74) is 0.